The Morgan fingerprint density at radius 3 is 2.16 bits per heavy atom. The SMILES string of the molecule is CC(=O)OC1=C2C[C@@]3(O)CCCC(C)(C)[C@@H]3CC=C2[C@H]2Oc3c4c(cc(C(C)C)c3O[C@@]2(C(C)C)C1=O)CC[C@H]1C(C)(C)CCC[C@]1(O)C4. The maximum atomic E-state index is 15.1. The maximum Gasteiger partial charge on any atom is 0.308 e. The molecule has 7 heteroatoms. The van der Waals surface area contributed by atoms with Gasteiger partial charge >= 0.3 is 5.97 Å². The van der Waals surface area contributed by atoms with Gasteiger partial charge in [0.25, 0.3) is 0 Å². The molecule has 0 saturated heterocycles. The van der Waals surface area contributed by atoms with Crippen molar-refractivity contribution in [1.29, 1.82) is 0 Å². The monoisotopic (exact) mass is 674 g/mol. The molecule has 268 valence electrons. The molecule has 0 spiro atoms. The van der Waals surface area contributed by atoms with Gasteiger partial charge in [0.2, 0.25) is 11.4 Å². The summed E-state index contributed by atoms with van der Waals surface area (Å²) in [5.74, 6) is 0.0711. The van der Waals surface area contributed by atoms with Gasteiger partial charge in [-0.25, -0.2) is 0 Å². The van der Waals surface area contributed by atoms with Crippen LogP contribution in [0.15, 0.2) is 29.0 Å². The highest BCUT2D eigenvalue weighted by molar-refractivity contribution is 6.06. The minimum Gasteiger partial charge on any atom is -0.477 e. The first kappa shape index (κ1) is 34.8. The van der Waals surface area contributed by atoms with E-state index in [1.165, 1.54) is 12.5 Å². The summed E-state index contributed by atoms with van der Waals surface area (Å²) in [5.41, 5.74) is 1.02. The molecule has 2 fully saturated rings. The van der Waals surface area contributed by atoms with Gasteiger partial charge in [-0.1, -0.05) is 80.4 Å². The summed E-state index contributed by atoms with van der Waals surface area (Å²) in [6.07, 6.45) is 9.74. The van der Waals surface area contributed by atoms with E-state index in [2.05, 4.69) is 53.7 Å². The van der Waals surface area contributed by atoms with Gasteiger partial charge in [0, 0.05) is 48.0 Å². The molecule has 0 amide bonds. The van der Waals surface area contributed by atoms with Crippen molar-refractivity contribution in [3.63, 3.8) is 0 Å². The number of hydrogen-bond donors (Lipinski definition) is 2. The minimum atomic E-state index is -1.49. The van der Waals surface area contributed by atoms with Crippen LogP contribution >= 0.6 is 0 Å². The zero-order chi connectivity index (χ0) is 35.5. The van der Waals surface area contributed by atoms with Gasteiger partial charge < -0.3 is 24.4 Å². The van der Waals surface area contributed by atoms with Gasteiger partial charge in [-0.15, -0.1) is 0 Å². The molecular formula is C42H58O7. The Bertz CT molecular complexity index is 1640. The Kier molecular flexibility index (Phi) is 8.12. The molecule has 1 heterocycles. The Morgan fingerprint density at radius 2 is 1.55 bits per heavy atom. The van der Waals surface area contributed by atoms with Crippen LogP contribution in [0.4, 0.5) is 0 Å². The van der Waals surface area contributed by atoms with Crippen LogP contribution in [0.5, 0.6) is 11.5 Å². The second-order valence-electron chi connectivity index (χ2n) is 18.5. The Morgan fingerprint density at radius 1 is 0.918 bits per heavy atom. The summed E-state index contributed by atoms with van der Waals surface area (Å²) in [6, 6.07) is 2.24. The number of benzene rings is 1. The number of rotatable bonds is 3. The second-order valence-corrected chi connectivity index (χ2v) is 18.5. The first-order valence-corrected chi connectivity index (χ1v) is 19.0. The molecule has 2 N–H and O–H groups in total. The Balaban J connectivity index is 1.44. The van der Waals surface area contributed by atoms with Crippen LogP contribution < -0.4 is 9.47 Å². The average molecular weight is 675 g/mol. The average Bonchev–Trinajstić information content (AvgIpc) is 3.25. The second kappa shape index (κ2) is 11.4. The number of Topliss-reactive ketones (excluding diaryl/α,β-unsaturated/α-hetero) is 1. The molecule has 7 rings (SSSR count). The topological polar surface area (TPSA) is 102 Å². The number of fused-ring (bicyclic) bond motifs is 8. The summed E-state index contributed by atoms with van der Waals surface area (Å²) < 4.78 is 20.4. The van der Waals surface area contributed by atoms with Crippen LogP contribution in [0.2, 0.25) is 0 Å². The first-order valence-electron chi connectivity index (χ1n) is 19.0. The fourth-order valence-corrected chi connectivity index (χ4v) is 11.3. The van der Waals surface area contributed by atoms with Crippen LogP contribution in [0.25, 0.3) is 0 Å². The zero-order valence-electron chi connectivity index (χ0n) is 31.3. The van der Waals surface area contributed by atoms with Crippen molar-refractivity contribution in [2.24, 2.45) is 28.6 Å². The molecule has 1 aromatic carbocycles. The third kappa shape index (κ3) is 5.18. The zero-order valence-corrected chi connectivity index (χ0v) is 31.3. The number of aliphatic hydroxyl groups is 2. The van der Waals surface area contributed by atoms with E-state index < -0.39 is 34.7 Å². The van der Waals surface area contributed by atoms with Crippen LogP contribution in [0.3, 0.4) is 0 Å². The highest BCUT2D eigenvalue weighted by atomic mass is 16.6. The standard InChI is InChI=1S/C42H58O7/c1-23(2)28-20-26-12-14-31-38(6,7)16-10-18-40(31,45)21-29(26)33-34(28)49-42(24(3)4)36(44)35(47-25(5)43)30-22-41(46)19-11-17-39(8,9)32(41)15-13-27(30)37(42)48-33/h13,20,23-24,31-32,37,45-46H,10-12,14-19,21-22H2,1-9H3/t31-,32-,37+,40-,41-,42-/m0/s1. The van der Waals surface area contributed by atoms with Crippen molar-refractivity contribution in [2.45, 2.75) is 162 Å². The number of carbonyl (C=O) groups is 2. The predicted molar refractivity (Wildman–Crippen MR) is 188 cm³/mol. The van der Waals surface area contributed by atoms with Crippen LogP contribution in [-0.4, -0.2) is 44.9 Å². The third-order valence-corrected chi connectivity index (χ3v) is 13.8. The van der Waals surface area contributed by atoms with Crippen molar-refractivity contribution < 1.29 is 34.0 Å². The summed E-state index contributed by atoms with van der Waals surface area (Å²) in [5, 5.41) is 24.8. The molecule has 0 aromatic heterocycles. The third-order valence-electron chi connectivity index (χ3n) is 13.8. The van der Waals surface area contributed by atoms with Crippen LogP contribution in [0.1, 0.15) is 143 Å². The summed E-state index contributed by atoms with van der Waals surface area (Å²) in [7, 11) is 0. The van der Waals surface area contributed by atoms with Crippen LogP contribution in [-0.2, 0) is 27.2 Å². The molecule has 49 heavy (non-hydrogen) atoms. The van der Waals surface area contributed by atoms with E-state index in [9.17, 15) is 15.0 Å². The Labute approximate surface area is 292 Å². The number of ketones is 1. The summed E-state index contributed by atoms with van der Waals surface area (Å²) >= 11 is 0. The fraction of sp³-hybridized carbons (Fsp3) is 0.714. The number of carbonyl (C=O) groups excluding carboxylic acids is 2. The van der Waals surface area contributed by atoms with Gasteiger partial charge in [0.15, 0.2) is 23.4 Å². The normalized spacial score (nSPS) is 36.0. The van der Waals surface area contributed by atoms with Gasteiger partial charge in [0.05, 0.1) is 11.2 Å². The van der Waals surface area contributed by atoms with Gasteiger partial charge in [-0.05, 0) is 79.1 Å². The van der Waals surface area contributed by atoms with E-state index in [-0.39, 0.29) is 46.7 Å². The number of hydrogen-bond acceptors (Lipinski definition) is 7. The van der Waals surface area contributed by atoms with E-state index in [4.69, 9.17) is 14.2 Å². The lowest BCUT2D eigenvalue weighted by Crippen LogP contribution is -2.65. The minimum absolute atomic E-state index is 0.0179. The lowest BCUT2D eigenvalue weighted by atomic mass is 9.59. The maximum absolute atomic E-state index is 15.1. The van der Waals surface area contributed by atoms with Gasteiger partial charge in [-0.3, -0.25) is 9.59 Å². The molecule has 0 radical (unpaired) electrons. The number of aryl methyl sites for hydroxylation is 1. The number of esters is 1. The van der Waals surface area contributed by atoms with Gasteiger partial charge in [0.1, 0.15) is 0 Å². The quantitative estimate of drug-likeness (QED) is 0.313. The van der Waals surface area contributed by atoms with Crippen molar-refractivity contribution in [2.75, 3.05) is 0 Å². The van der Waals surface area contributed by atoms with Crippen molar-refractivity contribution >= 4 is 11.8 Å². The lowest BCUT2D eigenvalue weighted by Gasteiger charge is -2.51. The number of ether oxygens (including phenoxy) is 3. The van der Waals surface area contributed by atoms with Crippen molar-refractivity contribution in [1.82, 2.24) is 0 Å². The van der Waals surface area contributed by atoms with E-state index in [0.29, 0.717) is 36.3 Å². The molecule has 5 aliphatic carbocycles. The van der Waals surface area contributed by atoms with E-state index >= 15 is 4.79 Å². The summed E-state index contributed by atoms with van der Waals surface area (Å²) in [6.45, 7) is 18.6. The highest BCUT2D eigenvalue weighted by Crippen LogP contribution is 2.60. The molecule has 1 aromatic rings. The van der Waals surface area contributed by atoms with E-state index in [0.717, 1.165) is 61.6 Å². The molecule has 6 atom stereocenters. The van der Waals surface area contributed by atoms with E-state index in [1.807, 2.05) is 13.8 Å². The van der Waals surface area contributed by atoms with E-state index in [1.54, 1.807) is 0 Å². The fourth-order valence-electron chi connectivity index (χ4n) is 11.3. The lowest BCUT2D eigenvalue weighted by molar-refractivity contribution is -0.158. The predicted octanol–water partition coefficient (Wildman–Crippen LogP) is 8.07. The smallest absolute Gasteiger partial charge is 0.308 e. The van der Waals surface area contributed by atoms with Crippen molar-refractivity contribution in [3.8, 4) is 11.5 Å². The molecule has 7 nitrogen and oxygen atoms in total. The molecular weight excluding hydrogens is 616 g/mol. The van der Waals surface area contributed by atoms with Gasteiger partial charge in [-0.2, -0.15) is 0 Å². The largest absolute Gasteiger partial charge is 0.477 e. The van der Waals surface area contributed by atoms with Crippen LogP contribution in [0, 0.1) is 28.6 Å². The number of allylic oxidation sites excluding steroid dienone is 1. The molecule has 0 unspecified atom stereocenters. The Hall–Kier alpha value is -2.64. The van der Waals surface area contributed by atoms with Crippen molar-refractivity contribution in [3.05, 3.63) is 45.7 Å². The molecule has 2 saturated carbocycles. The molecule has 1 aliphatic heterocycles. The highest BCUT2D eigenvalue weighted by Gasteiger charge is 2.64. The summed E-state index contributed by atoms with van der Waals surface area (Å²) in [4.78, 5) is 27.7. The molecule has 0 bridgehead atoms. The molecule has 6 aliphatic rings. The first-order chi connectivity index (χ1) is 22.8.